The van der Waals surface area contributed by atoms with Gasteiger partial charge in [0, 0.05) is 32.2 Å². The smallest absolute Gasteiger partial charge is 0.219 e. The van der Waals surface area contributed by atoms with E-state index < -0.39 is 0 Å². The molecule has 1 heterocycles. The van der Waals surface area contributed by atoms with Gasteiger partial charge >= 0.3 is 0 Å². The Balaban J connectivity index is 2.14. The quantitative estimate of drug-likeness (QED) is 0.777. The minimum atomic E-state index is 0.167. The Morgan fingerprint density at radius 2 is 2.06 bits per heavy atom. The molecule has 4 nitrogen and oxygen atoms in total. The molecule has 0 aromatic heterocycles. The van der Waals surface area contributed by atoms with Crippen molar-refractivity contribution < 1.29 is 4.79 Å². The Morgan fingerprint density at radius 3 is 2.61 bits per heavy atom. The molecule has 1 saturated heterocycles. The fraction of sp³-hybridized carbons (Fsp3) is 0.500. The van der Waals surface area contributed by atoms with Gasteiger partial charge in [0.1, 0.15) is 0 Å². The summed E-state index contributed by atoms with van der Waals surface area (Å²) >= 11 is 0. The standard InChI is InChI=1S/C14H21N3O/c1-10(18)17-7-5-11(6-8-17)12-3-2-4-14(16)13(12)9-15/h2-4,11H,5-9,15-16H2,1H3. The number of carbonyl (C=O) groups excluding carboxylic acids is 1. The van der Waals surface area contributed by atoms with Gasteiger partial charge in [0.15, 0.2) is 0 Å². The van der Waals surface area contributed by atoms with Crippen LogP contribution in [-0.4, -0.2) is 23.9 Å². The van der Waals surface area contributed by atoms with Crippen molar-refractivity contribution in [1.82, 2.24) is 4.90 Å². The number of hydrogen-bond acceptors (Lipinski definition) is 3. The van der Waals surface area contributed by atoms with Gasteiger partial charge < -0.3 is 16.4 Å². The molecule has 2 rings (SSSR count). The monoisotopic (exact) mass is 247 g/mol. The molecule has 1 amide bonds. The molecule has 1 aliphatic heterocycles. The maximum Gasteiger partial charge on any atom is 0.219 e. The normalized spacial score (nSPS) is 16.9. The van der Waals surface area contributed by atoms with E-state index in [2.05, 4.69) is 6.07 Å². The van der Waals surface area contributed by atoms with Crippen molar-refractivity contribution in [3.8, 4) is 0 Å². The van der Waals surface area contributed by atoms with Crippen LogP contribution in [0.3, 0.4) is 0 Å². The molecular weight excluding hydrogens is 226 g/mol. The lowest BCUT2D eigenvalue weighted by Crippen LogP contribution is -2.36. The van der Waals surface area contributed by atoms with Gasteiger partial charge in [-0.05, 0) is 36.0 Å². The topological polar surface area (TPSA) is 72.3 Å². The summed E-state index contributed by atoms with van der Waals surface area (Å²) in [5.41, 5.74) is 14.9. The molecule has 98 valence electrons. The molecule has 1 fully saturated rings. The van der Waals surface area contributed by atoms with Crippen LogP contribution in [0.5, 0.6) is 0 Å². The van der Waals surface area contributed by atoms with Crippen LogP contribution in [0.25, 0.3) is 0 Å². The van der Waals surface area contributed by atoms with Crippen molar-refractivity contribution in [1.29, 1.82) is 0 Å². The van der Waals surface area contributed by atoms with Crippen LogP contribution in [-0.2, 0) is 11.3 Å². The largest absolute Gasteiger partial charge is 0.398 e. The summed E-state index contributed by atoms with van der Waals surface area (Å²) in [7, 11) is 0. The minimum absolute atomic E-state index is 0.167. The van der Waals surface area contributed by atoms with Crippen LogP contribution in [0.4, 0.5) is 5.69 Å². The van der Waals surface area contributed by atoms with Crippen LogP contribution in [0.2, 0.25) is 0 Å². The van der Waals surface area contributed by atoms with Crippen molar-refractivity contribution in [3.05, 3.63) is 29.3 Å². The molecule has 0 aliphatic carbocycles. The van der Waals surface area contributed by atoms with E-state index >= 15 is 0 Å². The first-order chi connectivity index (χ1) is 8.63. The minimum Gasteiger partial charge on any atom is -0.398 e. The van der Waals surface area contributed by atoms with Crippen LogP contribution >= 0.6 is 0 Å². The molecule has 4 heteroatoms. The second-order valence-electron chi connectivity index (χ2n) is 4.90. The number of carbonyl (C=O) groups is 1. The zero-order valence-corrected chi connectivity index (χ0v) is 10.9. The van der Waals surface area contributed by atoms with Crippen molar-refractivity contribution in [2.24, 2.45) is 5.73 Å². The molecule has 0 spiro atoms. The van der Waals surface area contributed by atoms with E-state index in [1.807, 2.05) is 17.0 Å². The van der Waals surface area contributed by atoms with Gasteiger partial charge in [-0.1, -0.05) is 12.1 Å². The first kappa shape index (κ1) is 12.9. The highest BCUT2D eigenvalue weighted by Crippen LogP contribution is 2.32. The van der Waals surface area contributed by atoms with E-state index in [1.54, 1.807) is 6.92 Å². The van der Waals surface area contributed by atoms with Crippen LogP contribution in [0.15, 0.2) is 18.2 Å². The summed E-state index contributed by atoms with van der Waals surface area (Å²) in [5, 5.41) is 0. The van der Waals surface area contributed by atoms with Crippen LogP contribution in [0.1, 0.15) is 36.8 Å². The average molecular weight is 247 g/mol. The number of nitrogen functional groups attached to an aromatic ring is 1. The third-order valence-corrected chi connectivity index (χ3v) is 3.83. The summed E-state index contributed by atoms with van der Waals surface area (Å²) in [5.74, 6) is 0.641. The number of hydrogen-bond donors (Lipinski definition) is 2. The third-order valence-electron chi connectivity index (χ3n) is 3.83. The van der Waals surface area contributed by atoms with Crippen molar-refractivity contribution >= 4 is 11.6 Å². The highest BCUT2D eigenvalue weighted by molar-refractivity contribution is 5.73. The maximum atomic E-state index is 11.3. The number of nitrogens with two attached hydrogens (primary N) is 2. The second kappa shape index (κ2) is 5.40. The molecule has 1 aliphatic rings. The molecule has 0 atom stereocenters. The number of piperidine rings is 1. The van der Waals surface area contributed by atoms with Crippen molar-refractivity contribution in [2.75, 3.05) is 18.8 Å². The maximum absolute atomic E-state index is 11.3. The molecule has 0 saturated carbocycles. The summed E-state index contributed by atoms with van der Waals surface area (Å²) in [6, 6.07) is 6.00. The number of likely N-dealkylation sites (tertiary alicyclic amines) is 1. The Hall–Kier alpha value is -1.55. The highest BCUT2D eigenvalue weighted by atomic mass is 16.2. The Kier molecular flexibility index (Phi) is 3.87. The average Bonchev–Trinajstić information content (AvgIpc) is 2.38. The zero-order chi connectivity index (χ0) is 13.1. The van der Waals surface area contributed by atoms with Gasteiger partial charge in [-0.3, -0.25) is 4.79 Å². The van der Waals surface area contributed by atoms with Gasteiger partial charge in [0.05, 0.1) is 0 Å². The van der Waals surface area contributed by atoms with Gasteiger partial charge in [-0.15, -0.1) is 0 Å². The lowest BCUT2D eigenvalue weighted by molar-refractivity contribution is -0.129. The molecule has 18 heavy (non-hydrogen) atoms. The van der Waals surface area contributed by atoms with E-state index in [0.29, 0.717) is 12.5 Å². The predicted octanol–water partition coefficient (Wildman–Crippen LogP) is 1.45. The third kappa shape index (κ3) is 2.48. The summed E-state index contributed by atoms with van der Waals surface area (Å²) in [4.78, 5) is 13.2. The van der Waals surface area contributed by atoms with Gasteiger partial charge in [0.2, 0.25) is 5.91 Å². The number of amides is 1. The predicted molar refractivity (Wildman–Crippen MR) is 73.0 cm³/mol. The van der Waals surface area contributed by atoms with Gasteiger partial charge in [0.25, 0.3) is 0 Å². The first-order valence-corrected chi connectivity index (χ1v) is 6.46. The molecule has 0 bridgehead atoms. The van der Waals surface area contributed by atoms with E-state index in [1.165, 1.54) is 5.56 Å². The van der Waals surface area contributed by atoms with Gasteiger partial charge in [-0.2, -0.15) is 0 Å². The second-order valence-corrected chi connectivity index (χ2v) is 4.90. The van der Waals surface area contributed by atoms with E-state index in [4.69, 9.17) is 11.5 Å². The van der Waals surface area contributed by atoms with Crippen molar-refractivity contribution in [3.63, 3.8) is 0 Å². The fourth-order valence-electron chi connectivity index (χ4n) is 2.75. The lowest BCUT2D eigenvalue weighted by Gasteiger charge is -2.32. The fourth-order valence-corrected chi connectivity index (χ4v) is 2.75. The zero-order valence-electron chi connectivity index (χ0n) is 10.9. The summed E-state index contributed by atoms with van der Waals surface area (Å²) in [6.07, 6.45) is 1.99. The van der Waals surface area contributed by atoms with E-state index in [9.17, 15) is 4.79 Å². The lowest BCUT2D eigenvalue weighted by atomic mass is 9.86. The van der Waals surface area contributed by atoms with Crippen LogP contribution < -0.4 is 11.5 Å². The summed E-state index contributed by atoms with van der Waals surface area (Å²) in [6.45, 7) is 3.78. The molecular formula is C14H21N3O. The van der Waals surface area contributed by atoms with Crippen LogP contribution in [0, 0.1) is 0 Å². The Labute approximate surface area is 108 Å². The number of rotatable bonds is 2. The molecule has 4 N–H and O–H groups in total. The molecule has 1 aromatic carbocycles. The van der Waals surface area contributed by atoms with Crippen molar-refractivity contribution in [2.45, 2.75) is 32.2 Å². The Bertz CT molecular complexity index is 437. The highest BCUT2D eigenvalue weighted by Gasteiger charge is 2.23. The molecule has 0 unspecified atom stereocenters. The summed E-state index contributed by atoms with van der Waals surface area (Å²) < 4.78 is 0. The van der Waals surface area contributed by atoms with E-state index in [0.717, 1.165) is 37.2 Å². The SMILES string of the molecule is CC(=O)N1CCC(c2cccc(N)c2CN)CC1. The van der Waals surface area contributed by atoms with Gasteiger partial charge in [-0.25, -0.2) is 0 Å². The number of anilines is 1. The Morgan fingerprint density at radius 1 is 1.39 bits per heavy atom. The number of benzene rings is 1. The molecule has 1 aromatic rings. The first-order valence-electron chi connectivity index (χ1n) is 6.46. The number of nitrogens with zero attached hydrogens (tertiary/aromatic N) is 1. The van der Waals surface area contributed by atoms with E-state index in [-0.39, 0.29) is 5.91 Å². The molecule has 0 radical (unpaired) electrons.